The number of nitrogens with zero attached hydrogens (tertiary/aromatic N) is 4. The summed E-state index contributed by atoms with van der Waals surface area (Å²) in [5.74, 6) is 0.592. The average molecular weight is 399 g/mol. The van der Waals surface area contributed by atoms with Gasteiger partial charge in [0, 0.05) is 32.6 Å². The smallest absolute Gasteiger partial charge is 0.292 e. The first-order chi connectivity index (χ1) is 13.6. The van der Waals surface area contributed by atoms with E-state index in [4.69, 9.17) is 11.6 Å². The van der Waals surface area contributed by atoms with Crippen molar-refractivity contribution in [2.75, 3.05) is 31.1 Å². The Kier molecular flexibility index (Phi) is 5.48. The molecule has 1 unspecified atom stereocenters. The van der Waals surface area contributed by atoms with Crippen LogP contribution in [0.5, 0.6) is 0 Å². The van der Waals surface area contributed by atoms with Crippen molar-refractivity contribution in [2.24, 2.45) is 5.92 Å². The summed E-state index contributed by atoms with van der Waals surface area (Å²) >= 11 is 6.39. The van der Waals surface area contributed by atoms with E-state index >= 15 is 0 Å². The third-order valence-electron chi connectivity index (χ3n) is 5.42. The molecule has 1 aromatic heterocycles. The molecule has 6 nitrogen and oxygen atoms in total. The summed E-state index contributed by atoms with van der Waals surface area (Å²) in [4.78, 5) is 29.1. The Balaban J connectivity index is 1.43. The monoisotopic (exact) mass is 398 g/mol. The van der Waals surface area contributed by atoms with Crippen molar-refractivity contribution in [1.29, 1.82) is 0 Å². The summed E-state index contributed by atoms with van der Waals surface area (Å²) in [6.45, 7) is 2.55. The molecule has 1 fully saturated rings. The molecule has 1 aliphatic carbocycles. The number of aromatic nitrogens is 2. The maximum absolute atomic E-state index is 12.7. The topological polar surface area (TPSA) is 58.4 Å². The van der Waals surface area contributed by atoms with Crippen LogP contribution in [0.2, 0.25) is 5.02 Å². The van der Waals surface area contributed by atoms with Crippen LogP contribution in [0, 0.1) is 5.92 Å². The molecule has 0 saturated carbocycles. The van der Waals surface area contributed by atoms with Crippen molar-refractivity contribution in [3.8, 4) is 5.69 Å². The number of carbonyl (C=O) groups excluding carboxylic acids is 1. The fourth-order valence-corrected chi connectivity index (χ4v) is 4.06. The fourth-order valence-electron chi connectivity index (χ4n) is 3.81. The number of amides is 1. The standard InChI is InChI=1S/C21H23ClN4O2/c22-20-18(15-23-26(21(20)28)17-8-2-1-3-9-17)24-10-12-25(13-11-24)19(27)14-16-6-4-5-7-16/h1-4,6,8-9,15-16H,5,7,10-14H2. The second-order valence-electron chi connectivity index (χ2n) is 7.23. The third kappa shape index (κ3) is 3.83. The highest BCUT2D eigenvalue weighted by Crippen LogP contribution is 2.25. The molecule has 1 aliphatic heterocycles. The molecule has 0 radical (unpaired) electrons. The molecular formula is C21H23ClN4O2. The van der Waals surface area contributed by atoms with Gasteiger partial charge in [0.2, 0.25) is 5.91 Å². The molecule has 1 aromatic carbocycles. The summed E-state index contributed by atoms with van der Waals surface area (Å²) in [7, 11) is 0. The van der Waals surface area contributed by atoms with Crippen LogP contribution in [0.1, 0.15) is 19.3 Å². The third-order valence-corrected chi connectivity index (χ3v) is 5.78. The van der Waals surface area contributed by atoms with E-state index in [0.29, 0.717) is 49.9 Å². The van der Waals surface area contributed by atoms with Crippen LogP contribution < -0.4 is 10.5 Å². The number of benzene rings is 1. The lowest BCUT2D eigenvalue weighted by Gasteiger charge is -2.36. The second kappa shape index (κ2) is 8.19. The van der Waals surface area contributed by atoms with E-state index in [0.717, 1.165) is 12.8 Å². The molecule has 0 N–H and O–H groups in total. The Morgan fingerprint density at radius 3 is 2.57 bits per heavy atom. The minimum atomic E-state index is -0.336. The van der Waals surface area contributed by atoms with Crippen LogP contribution in [-0.4, -0.2) is 46.8 Å². The van der Waals surface area contributed by atoms with Crippen LogP contribution in [0.25, 0.3) is 5.69 Å². The van der Waals surface area contributed by atoms with Crippen LogP contribution >= 0.6 is 11.6 Å². The van der Waals surface area contributed by atoms with Crippen LogP contribution in [0.3, 0.4) is 0 Å². The molecule has 146 valence electrons. The highest BCUT2D eigenvalue weighted by atomic mass is 35.5. The Bertz CT molecular complexity index is 933. The lowest BCUT2D eigenvalue weighted by molar-refractivity contribution is -0.132. The van der Waals surface area contributed by atoms with Gasteiger partial charge in [0.15, 0.2) is 0 Å². The summed E-state index contributed by atoms with van der Waals surface area (Å²) < 4.78 is 1.31. The minimum absolute atomic E-state index is 0.162. The van der Waals surface area contributed by atoms with Crippen molar-refractivity contribution >= 4 is 23.2 Å². The summed E-state index contributed by atoms with van der Waals surface area (Å²) in [5.41, 5.74) is 0.971. The van der Waals surface area contributed by atoms with Crippen molar-refractivity contribution in [3.05, 3.63) is 64.1 Å². The number of carbonyl (C=O) groups is 1. The lowest BCUT2D eigenvalue weighted by Crippen LogP contribution is -2.49. The molecule has 7 heteroatoms. The number of allylic oxidation sites excluding steroid dienone is 2. The summed E-state index contributed by atoms with van der Waals surface area (Å²) in [5, 5.41) is 4.46. The van der Waals surface area contributed by atoms with Crippen molar-refractivity contribution in [1.82, 2.24) is 14.7 Å². The molecule has 0 spiro atoms. The van der Waals surface area contributed by atoms with E-state index in [1.54, 1.807) is 6.20 Å². The van der Waals surface area contributed by atoms with Gasteiger partial charge >= 0.3 is 0 Å². The molecule has 2 aliphatic rings. The van der Waals surface area contributed by atoms with Gasteiger partial charge in [-0.25, -0.2) is 0 Å². The summed E-state index contributed by atoms with van der Waals surface area (Å²) in [6.07, 6.45) is 8.68. The number of halogens is 1. The Labute approximate surface area is 169 Å². The zero-order valence-electron chi connectivity index (χ0n) is 15.6. The quantitative estimate of drug-likeness (QED) is 0.743. The summed E-state index contributed by atoms with van der Waals surface area (Å²) in [6, 6.07) is 9.21. The number of rotatable bonds is 4. The molecule has 0 bridgehead atoms. The second-order valence-corrected chi connectivity index (χ2v) is 7.61. The SMILES string of the molecule is O=C(CC1C=CCC1)N1CCN(c2cnn(-c3ccccc3)c(=O)c2Cl)CC1. The molecule has 2 heterocycles. The number of piperazine rings is 1. The van der Waals surface area contributed by atoms with Gasteiger partial charge in [0.1, 0.15) is 5.02 Å². The maximum Gasteiger partial charge on any atom is 0.292 e. The maximum atomic E-state index is 12.7. The van der Waals surface area contributed by atoms with Gasteiger partial charge in [-0.15, -0.1) is 0 Å². The predicted molar refractivity (Wildman–Crippen MR) is 110 cm³/mol. The van der Waals surface area contributed by atoms with Crippen molar-refractivity contribution < 1.29 is 4.79 Å². The first-order valence-corrected chi connectivity index (χ1v) is 10.0. The van der Waals surface area contributed by atoms with E-state index in [-0.39, 0.29) is 16.5 Å². The van der Waals surface area contributed by atoms with E-state index < -0.39 is 0 Å². The highest BCUT2D eigenvalue weighted by molar-refractivity contribution is 6.33. The number of hydrogen-bond donors (Lipinski definition) is 0. The Morgan fingerprint density at radius 1 is 1.14 bits per heavy atom. The van der Waals surface area contributed by atoms with E-state index in [2.05, 4.69) is 17.3 Å². The van der Waals surface area contributed by atoms with E-state index in [9.17, 15) is 9.59 Å². The lowest BCUT2D eigenvalue weighted by atomic mass is 10.0. The molecule has 1 saturated heterocycles. The molecular weight excluding hydrogens is 376 g/mol. The van der Waals surface area contributed by atoms with Crippen LogP contribution in [-0.2, 0) is 4.79 Å². The first-order valence-electron chi connectivity index (χ1n) is 9.66. The van der Waals surface area contributed by atoms with E-state index in [1.807, 2.05) is 40.1 Å². The Morgan fingerprint density at radius 2 is 1.89 bits per heavy atom. The van der Waals surface area contributed by atoms with Gasteiger partial charge < -0.3 is 9.80 Å². The van der Waals surface area contributed by atoms with Crippen molar-refractivity contribution in [3.63, 3.8) is 0 Å². The van der Waals surface area contributed by atoms with Gasteiger partial charge in [0.25, 0.3) is 5.56 Å². The largest absolute Gasteiger partial charge is 0.365 e. The molecule has 1 atom stereocenters. The van der Waals surface area contributed by atoms with Crippen molar-refractivity contribution in [2.45, 2.75) is 19.3 Å². The zero-order valence-corrected chi connectivity index (χ0v) is 16.4. The number of hydrogen-bond acceptors (Lipinski definition) is 4. The highest BCUT2D eigenvalue weighted by Gasteiger charge is 2.25. The number of para-hydroxylation sites is 1. The molecule has 2 aromatic rings. The number of anilines is 1. The normalized spacial score (nSPS) is 19.2. The Hall–Kier alpha value is -2.60. The zero-order chi connectivity index (χ0) is 19.5. The van der Waals surface area contributed by atoms with Gasteiger partial charge in [-0.05, 0) is 30.9 Å². The van der Waals surface area contributed by atoms with Gasteiger partial charge in [-0.1, -0.05) is 42.0 Å². The van der Waals surface area contributed by atoms with Gasteiger partial charge in [0.05, 0.1) is 17.6 Å². The van der Waals surface area contributed by atoms with E-state index in [1.165, 1.54) is 4.68 Å². The molecule has 4 rings (SSSR count). The molecule has 28 heavy (non-hydrogen) atoms. The average Bonchev–Trinajstić information content (AvgIpc) is 3.24. The predicted octanol–water partition coefficient (Wildman–Crippen LogP) is 2.89. The van der Waals surface area contributed by atoms with Gasteiger partial charge in [-0.2, -0.15) is 9.78 Å². The minimum Gasteiger partial charge on any atom is -0.365 e. The van der Waals surface area contributed by atoms with Gasteiger partial charge in [-0.3, -0.25) is 9.59 Å². The van der Waals surface area contributed by atoms with Crippen LogP contribution in [0.4, 0.5) is 5.69 Å². The molecule has 1 amide bonds. The van der Waals surface area contributed by atoms with Crippen LogP contribution in [0.15, 0.2) is 53.5 Å². The first kappa shape index (κ1) is 18.7. The fraction of sp³-hybridized carbons (Fsp3) is 0.381.